The Morgan fingerprint density at radius 2 is 1.97 bits per heavy atom. The van der Waals surface area contributed by atoms with Crippen LogP contribution in [0, 0.1) is 5.82 Å². The summed E-state index contributed by atoms with van der Waals surface area (Å²) in [5.74, 6) is 0.292. The number of ether oxygens (including phenoxy) is 1. The zero-order valence-electron chi connectivity index (χ0n) is 17.7. The van der Waals surface area contributed by atoms with Crippen molar-refractivity contribution in [3.63, 3.8) is 0 Å². The van der Waals surface area contributed by atoms with Crippen molar-refractivity contribution in [1.29, 1.82) is 0 Å². The number of furan rings is 1. The van der Waals surface area contributed by atoms with Gasteiger partial charge in [-0.05, 0) is 55.0 Å². The van der Waals surface area contributed by atoms with Crippen molar-refractivity contribution in [2.75, 3.05) is 18.6 Å². The molecule has 2 aromatic carbocycles. The van der Waals surface area contributed by atoms with Crippen molar-refractivity contribution in [2.45, 2.75) is 20.0 Å². The fraction of sp³-hybridized carbons (Fsp3) is 0.208. The highest BCUT2D eigenvalue weighted by molar-refractivity contribution is 5.94. The SMILES string of the molecule is CCN(Cc1ccco1)c1nc2cc(C(=O)OC)ccc2c(=O)n1Cc1ccc(F)cc1. The number of rotatable bonds is 7. The number of fused-ring (bicyclic) bond motifs is 1. The van der Waals surface area contributed by atoms with Gasteiger partial charge in [0.2, 0.25) is 5.95 Å². The van der Waals surface area contributed by atoms with Crippen molar-refractivity contribution in [3.8, 4) is 0 Å². The van der Waals surface area contributed by atoms with E-state index in [-0.39, 0.29) is 17.9 Å². The van der Waals surface area contributed by atoms with Crippen molar-refractivity contribution >= 4 is 22.8 Å². The lowest BCUT2D eigenvalue weighted by Gasteiger charge is -2.25. The van der Waals surface area contributed by atoms with Gasteiger partial charge in [-0.3, -0.25) is 9.36 Å². The van der Waals surface area contributed by atoms with Crippen LogP contribution in [0.2, 0.25) is 0 Å². The average Bonchev–Trinajstić information content (AvgIpc) is 3.33. The summed E-state index contributed by atoms with van der Waals surface area (Å²) < 4.78 is 25.2. The quantitative estimate of drug-likeness (QED) is 0.409. The first-order valence-electron chi connectivity index (χ1n) is 10.1. The van der Waals surface area contributed by atoms with Gasteiger partial charge in [-0.25, -0.2) is 14.2 Å². The molecule has 0 atom stereocenters. The van der Waals surface area contributed by atoms with Gasteiger partial charge >= 0.3 is 5.97 Å². The Bertz CT molecular complexity index is 1300. The van der Waals surface area contributed by atoms with E-state index in [0.29, 0.717) is 35.5 Å². The Balaban J connectivity index is 1.88. The predicted octanol–water partition coefficient (Wildman–Crippen LogP) is 3.99. The molecule has 0 saturated carbocycles. The molecule has 0 spiro atoms. The molecule has 0 bridgehead atoms. The molecule has 2 heterocycles. The standard InChI is InChI=1S/C24H22FN3O4/c1-3-27(15-19-5-4-12-32-19)24-26-21-13-17(23(30)31-2)8-11-20(21)22(29)28(24)14-16-6-9-18(25)10-7-16/h4-13H,3,14-15H2,1-2H3. The molecule has 0 amide bonds. The van der Waals surface area contributed by atoms with Crippen LogP contribution in [-0.2, 0) is 17.8 Å². The van der Waals surface area contributed by atoms with Crippen LogP contribution in [0.1, 0.15) is 28.6 Å². The number of esters is 1. The van der Waals surface area contributed by atoms with Crippen LogP contribution < -0.4 is 10.5 Å². The summed E-state index contributed by atoms with van der Waals surface area (Å²) in [6, 6.07) is 14.3. The third kappa shape index (κ3) is 4.25. The monoisotopic (exact) mass is 435 g/mol. The van der Waals surface area contributed by atoms with Crippen LogP contribution in [0.5, 0.6) is 0 Å². The zero-order chi connectivity index (χ0) is 22.7. The molecular formula is C24H22FN3O4. The van der Waals surface area contributed by atoms with Crippen LogP contribution in [0.3, 0.4) is 0 Å². The number of hydrogen-bond donors (Lipinski definition) is 0. The summed E-state index contributed by atoms with van der Waals surface area (Å²) in [5, 5.41) is 0.373. The lowest BCUT2D eigenvalue weighted by Crippen LogP contribution is -2.33. The smallest absolute Gasteiger partial charge is 0.337 e. The number of carbonyl (C=O) groups excluding carboxylic acids is 1. The van der Waals surface area contributed by atoms with E-state index in [0.717, 1.165) is 11.3 Å². The minimum Gasteiger partial charge on any atom is -0.467 e. The van der Waals surface area contributed by atoms with Crippen molar-refractivity contribution in [2.24, 2.45) is 0 Å². The molecule has 0 saturated heterocycles. The first kappa shape index (κ1) is 21.3. The van der Waals surface area contributed by atoms with E-state index < -0.39 is 5.97 Å². The highest BCUT2D eigenvalue weighted by Crippen LogP contribution is 2.20. The van der Waals surface area contributed by atoms with Crippen molar-refractivity contribution in [3.05, 3.63) is 93.9 Å². The predicted molar refractivity (Wildman–Crippen MR) is 118 cm³/mol. The molecule has 0 aliphatic carbocycles. The highest BCUT2D eigenvalue weighted by Gasteiger charge is 2.19. The molecule has 0 fully saturated rings. The molecule has 0 aliphatic rings. The number of aromatic nitrogens is 2. The van der Waals surface area contributed by atoms with Gasteiger partial charge in [0.25, 0.3) is 5.56 Å². The lowest BCUT2D eigenvalue weighted by atomic mass is 10.1. The Labute approximate surface area is 183 Å². The van der Waals surface area contributed by atoms with Crippen molar-refractivity contribution < 1.29 is 18.3 Å². The van der Waals surface area contributed by atoms with Gasteiger partial charge in [0.15, 0.2) is 0 Å². The maximum Gasteiger partial charge on any atom is 0.337 e. The minimum absolute atomic E-state index is 0.213. The summed E-state index contributed by atoms with van der Waals surface area (Å²) in [7, 11) is 1.30. The number of anilines is 1. The second-order valence-corrected chi connectivity index (χ2v) is 7.25. The molecule has 4 aromatic rings. The fourth-order valence-corrected chi connectivity index (χ4v) is 3.53. The van der Waals surface area contributed by atoms with E-state index in [1.807, 2.05) is 17.9 Å². The van der Waals surface area contributed by atoms with Crippen molar-refractivity contribution in [1.82, 2.24) is 9.55 Å². The maximum atomic E-state index is 13.5. The van der Waals surface area contributed by atoms with Gasteiger partial charge in [0, 0.05) is 6.54 Å². The fourth-order valence-electron chi connectivity index (χ4n) is 3.53. The molecule has 0 unspecified atom stereocenters. The van der Waals surface area contributed by atoms with E-state index >= 15 is 0 Å². The second kappa shape index (κ2) is 9.05. The summed E-state index contributed by atoms with van der Waals surface area (Å²) in [5.41, 5.74) is 1.20. The van der Waals surface area contributed by atoms with Crippen LogP contribution >= 0.6 is 0 Å². The summed E-state index contributed by atoms with van der Waals surface area (Å²) in [4.78, 5) is 32.1. The molecule has 0 radical (unpaired) electrons. The van der Waals surface area contributed by atoms with Gasteiger partial charge in [-0.15, -0.1) is 0 Å². The number of carbonyl (C=O) groups is 1. The molecule has 2 aromatic heterocycles. The van der Waals surface area contributed by atoms with Crippen LogP contribution in [0.25, 0.3) is 10.9 Å². The molecule has 4 rings (SSSR count). The third-order valence-corrected chi connectivity index (χ3v) is 5.20. The van der Waals surface area contributed by atoms with Crippen LogP contribution in [0.4, 0.5) is 10.3 Å². The average molecular weight is 435 g/mol. The number of hydrogen-bond acceptors (Lipinski definition) is 6. The first-order valence-corrected chi connectivity index (χ1v) is 10.1. The molecule has 32 heavy (non-hydrogen) atoms. The normalized spacial score (nSPS) is 11.0. The topological polar surface area (TPSA) is 77.6 Å². The maximum absolute atomic E-state index is 13.5. The third-order valence-electron chi connectivity index (χ3n) is 5.20. The van der Waals surface area contributed by atoms with Crippen LogP contribution in [-0.4, -0.2) is 29.2 Å². The molecule has 0 aliphatic heterocycles. The van der Waals surface area contributed by atoms with E-state index in [1.165, 1.54) is 19.2 Å². The molecule has 8 heteroatoms. The Hall–Kier alpha value is -3.94. The van der Waals surface area contributed by atoms with Crippen LogP contribution in [0.15, 0.2) is 70.1 Å². The van der Waals surface area contributed by atoms with E-state index in [1.54, 1.807) is 47.2 Å². The van der Waals surface area contributed by atoms with E-state index in [2.05, 4.69) is 0 Å². The van der Waals surface area contributed by atoms with E-state index in [4.69, 9.17) is 14.1 Å². The van der Waals surface area contributed by atoms with Gasteiger partial charge in [0.1, 0.15) is 11.6 Å². The summed E-state index contributed by atoms with van der Waals surface area (Å²) in [6.45, 7) is 3.12. The number of nitrogens with zero attached hydrogens (tertiary/aromatic N) is 3. The van der Waals surface area contributed by atoms with E-state index in [9.17, 15) is 14.0 Å². The number of benzene rings is 2. The molecular weight excluding hydrogens is 413 g/mol. The Morgan fingerprint density at radius 3 is 2.62 bits per heavy atom. The minimum atomic E-state index is -0.506. The number of halogens is 1. The first-order chi connectivity index (χ1) is 15.5. The Morgan fingerprint density at radius 1 is 1.19 bits per heavy atom. The Kier molecular flexibility index (Phi) is 6.02. The number of methoxy groups -OCH3 is 1. The molecule has 7 nitrogen and oxygen atoms in total. The van der Waals surface area contributed by atoms with Gasteiger partial charge in [0.05, 0.1) is 42.9 Å². The van der Waals surface area contributed by atoms with Gasteiger partial charge in [-0.1, -0.05) is 12.1 Å². The molecule has 0 N–H and O–H groups in total. The largest absolute Gasteiger partial charge is 0.467 e. The lowest BCUT2D eigenvalue weighted by molar-refractivity contribution is 0.0601. The van der Waals surface area contributed by atoms with Gasteiger partial charge in [-0.2, -0.15) is 0 Å². The molecule has 164 valence electrons. The summed E-state index contributed by atoms with van der Waals surface area (Å²) in [6.07, 6.45) is 1.59. The van der Waals surface area contributed by atoms with Gasteiger partial charge < -0.3 is 14.1 Å². The second-order valence-electron chi connectivity index (χ2n) is 7.25. The zero-order valence-corrected chi connectivity index (χ0v) is 17.7. The summed E-state index contributed by atoms with van der Waals surface area (Å²) >= 11 is 0. The highest BCUT2D eigenvalue weighted by atomic mass is 19.1.